The molecule has 0 fully saturated rings. The zero-order valence-corrected chi connectivity index (χ0v) is 12.8. The molecule has 0 aliphatic heterocycles. The number of ether oxygens (including phenoxy) is 1. The zero-order valence-electron chi connectivity index (χ0n) is 12.0. The van der Waals surface area contributed by atoms with Crippen LogP contribution in [0.5, 0.6) is 0 Å². The van der Waals surface area contributed by atoms with Crippen LogP contribution in [0.25, 0.3) is 0 Å². The average Bonchev–Trinajstić information content (AvgIpc) is 2.10. The largest absolute Gasteiger partial charge is 0.375 e. The van der Waals surface area contributed by atoms with Crippen molar-refractivity contribution >= 4 is 9.84 Å². The highest BCUT2D eigenvalue weighted by Crippen LogP contribution is 2.15. The molecule has 4 nitrogen and oxygen atoms in total. The van der Waals surface area contributed by atoms with Gasteiger partial charge in [-0.15, -0.1) is 0 Å². The summed E-state index contributed by atoms with van der Waals surface area (Å²) in [4.78, 5) is 0. The fourth-order valence-electron chi connectivity index (χ4n) is 1.34. The van der Waals surface area contributed by atoms with Crippen LogP contribution in [0.15, 0.2) is 0 Å². The summed E-state index contributed by atoms with van der Waals surface area (Å²) in [7, 11) is -3.03. The molecule has 0 atom stereocenters. The molecule has 0 aromatic carbocycles. The molecule has 5 heteroatoms. The van der Waals surface area contributed by atoms with E-state index in [1.54, 1.807) is 20.8 Å². The van der Waals surface area contributed by atoms with Crippen molar-refractivity contribution in [1.29, 1.82) is 0 Å². The first kappa shape index (κ1) is 16.9. The first-order valence-electron chi connectivity index (χ1n) is 6.09. The fraction of sp³-hybridized carbons (Fsp3) is 1.00. The van der Waals surface area contributed by atoms with E-state index in [1.807, 2.05) is 20.8 Å². The highest BCUT2D eigenvalue weighted by atomic mass is 32.2. The second-order valence-corrected chi connectivity index (χ2v) is 8.66. The molecule has 0 saturated heterocycles. The monoisotopic (exact) mass is 265 g/mol. The molecule has 0 aromatic rings. The smallest absolute Gasteiger partial charge is 0.156 e. The number of rotatable bonds is 7. The molecule has 0 heterocycles. The first-order chi connectivity index (χ1) is 7.52. The van der Waals surface area contributed by atoms with E-state index < -0.39 is 14.6 Å². The van der Waals surface area contributed by atoms with Gasteiger partial charge < -0.3 is 10.1 Å². The van der Waals surface area contributed by atoms with Gasteiger partial charge in [-0.3, -0.25) is 0 Å². The summed E-state index contributed by atoms with van der Waals surface area (Å²) in [6.07, 6.45) is 0. The van der Waals surface area contributed by atoms with E-state index in [0.29, 0.717) is 19.7 Å². The van der Waals surface area contributed by atoms with Crippen LogP contribution in [-0.4, -0.2) is 44.2 Å². The summed E-state index contributed by atoms with van der Waals surface area (Å²) in [6, 6.07) is 0. The third-order valence-electron chi connectivity index (χ3n) is 2.57. The van der Waals surface area contributed by atoms with Crippen molar-refractivity contribution in [3.05, 3.63) is 0 Å². The number of hydrogen-bond donors (Lipinski definition) is 1. The van der Waals surface area contributed by atoms with Gasteiger partial charge in [0.25, 0.3) is 0 Å². The summed E-state index contributed by atoms with van der Waals surface area (Å²) in [5, 5.41) is 3.13. The van der Waals surface area contributed by atoms with E-state index in [4.69, 9.17) is 4.74 Å². The normalized spacial score (nSPS) is 14.0. The van der Waals surface area contributed by atoms with Gasteiger partial charge in [-0.25, -0.2) is 8.42 Å². The Balaban J connectivity index is 4.03. The van der Waals surface area contributed by atoms with Crippen LogP contribution in [0.2, 0.25) is 0 Å². The summed E-state index contributed by atoms with van der Waals surface area (Å²) in [5.41, 5.74) is -0.250. The Bertz CT molecular complexity index is 315. The molecule has 1 N–H and O–H groups in total. The van der Waals surface area contributed by atoms with Crippen LogP contribution in [0.4, 0.5) is 0 Å². The lowest BCUT2D eigenvalue weighted by molar-refractivity contribution is -0.00837. The second kappa shape index (κ2) is 6.16. The van der Waals surface area contributed by atoms with Crippen LogP contribution in [-0.2, 0) is 14.6 Å². The Kier molecular flexibility index (Phi) is 6.11. The maximum absolute atomic E-state index is 11.8. The van der Waals surface area contributed by atoms with Crippen molar-refractivity contribution in [3.8, 4) is 0 Å². The summed E-state index contributed by atoms with van der Waals surface area (Å²) >= 11 is 0. The van der Waals surface area contributed by atoms with Gasteiger partial charge in [0.1, 0.15) is 0 Å². The van der Waals surface area contributed by atoms with Crippen molar-refractivity contribution in [1.82, 2.24) is 5.32 Å². The van der Waals surface area contributed by atoms with E-state index in [0.717, 1.165) is 0 Å². The number of sulfone groups is 1. The quantitative estimate of drug-likeness (QED) is 0.711. The average molecular weight is 265 g/mol. The maximum Gasteiger partial charge on any atom is 0.156 e. The Morgan fingerprint density at radius 3 is 2.06 bits per heavy atom. The van der Waals surface area contributed by atoms with E-state index in [-0.39, 0.29) is 11.4 Å². The number of hydrogen-bond acceptors (Lipinski definition) is 4. The Morgan fingerprint density at radius 2 is 1.65 bits per heavy atom. The SMILES string of the molecule is CCOC(C)(C)CNCCS(=O)(=O)C(C)(C)C. The van der Waals surface area contributed by atoms with Gasteiger partial charge in [0.05, 0.1) is 16.1 Å². The molecule has 0 rings (SSSR count). The van der Waals surface area contributed by atoms with E-state index in [1.165, 1.54) is 0 Å². The lowest BCUT2D eigenvalue weighted by Crippen LogP contribution is -2.41. The molecule has 0 unspecified atom stereocenters. The number of nitrogens with one attached hydrogen (secondary N) is 1. The Hall–Kier alpha value is -0.130. The summed E-state index contributed by atoms with van der Waals surface area (Å²) < 4.78 is 28.5. The minimum atomic E-state index is -3.03. The van der Waals surface area contributed by atoms with Gasteiger partial charge in [0.2, 0.25) is 0 Å². The molecule has 0 aliphatic carbocycles. The van der Waals surface area contributed by atoms with Crippen LogP contribution in [0.1, 0.15) is 41.5 Å². The van der Waals surface area contributed by atoms with E-state index in [9.17, 15) is 8.42 Å². The van der Waals surface area contributed by atoms with Gasteiger partial charge in [-0.2, -0.15) is 0 Å². The van der Waals surface area contributed by atoms with Gasteiger partial charge >= 0.3 is 0 Å². The van der Waals surface area contributed by atoms with Gasteiger partial charge in [0.15, 0.2) is 9.84 Å². The third-order valence-corrected chi connectivity index (χ3v) is 5.17. The molecule has 0 aliphatic rings. The molecule has 0 spiro atoms. The van der Waals surface area contributed by atoms with Crippen LogP contribution in [0, 0.1) is 0 Å². The minimum absolute atomic E-state index is 0.165. The fourth-order valence-corrected chi connectivity index (χ4v) is 2.37. The van der Waals surface area contributed by atoms with Crippen molar-refractivity contribution in [2.45, 2.75) is 51.9 Å². The molecular formula is C12H27NO3S. The van der Waals surface area contributed by atoms with Crippen molar-refractivity contribution < 1.29 is 13.2 Å². The molecule has 0 amide bonds. The standard InChI is InChI=1S/C12H27NO3S/c1-7-16-12(5,6)10-13-8-9-17(14,15)11(2,3)4/h13H,7-10H2,1-6H3. The van der Waals surface area contributed by atoms with Crippen molar-refractivity contribution in [2.75, 3.05) is 25.4 Å². The van der Waals surface area contributed by atoms with Gasteiger partial charge in [0, 0.05) is 19.7 Å². The van der Waals surface area contributed by atoms with Crippen LogP contribution >= 0.6 is 0 Å². The maximum atomic E-state index is 11.8. The topological polar surface area (TPSA) is 55.4 Å². The Morgan fingerprint density at radius 1 is 1.12 bits per heavy atom. The predicted molar refractivity (Wildman–Crippen MR) is 72.1 cm³/mol. The minimum Gasteiger partial charge on any atom is -0.375 e. The highest BCUT2D eigenvalue weighted by molar-refractivity contribution is 7.92. The summed E-state index contributed by atoms with van der Waals surface area (Å²) in [6.45, 7) is 12.9. The van der Waals surface area contributed by atoms with Crippen molar-refractivity contribution in [3.63, 3.8) is 0 Å². The van der Waals surface area contributed by atoms with Crippen LogP contribution < -0.4 is 5.32 Å². The molecule has 0 bridgehead atoms. The molecule has 104 valence electrons. The highest BCUT2D eigenvalue weighted by Gasteiger charge is 2.28. The van der Waals surface area contributed by atoms with Crippen LogP contribution in [0.3, 0.4) is 0 Å². The molecular weight excluding hydrogens is 238 g/mol. The van der Waals surface area contributed by atoms with E-state index in [2.05, 4.69) is 5.32 Å². The third kappa shape index (κ3) is 6.38. The molecule has 17 heavy (non-hydrogen) atoms. The van der Waals surface area contributed by atoms with Gasteiger partial charge in [-0.05, 0) is 41.5 Å². The molecule has 0 saturated carbocycles. The Labute approximate surface area is 106 Å². The predicted octanol–water partition coefficient (Wildman–Crippen LogP) is 1.60. The van der Waals surface area contributed by atoms with E-state index >= 15 is 0 Å². The molecule has 0 radical (unpaired) electrons. The van der Waals surface area contributed by atoms with Gasteiger partial charge in [-0.1, -0.05) is 0 Å². The second-order valence-electron chi connectivity index (χ2n) is 5.80. The summed E-state index contributed by atoms with van der Waals surface area (Å²) in [5.74, 6) is 0.165. The lowest BCUT2D eigenvalue weighted by Gasteiger charge is -2.25. The first-order valence-corrected chi connectivity index (χ1v) is 7.74. The lowest BCUT2D eigenvalue weighted by atomic mass is 10.1. The van der Waals surface area contributed by atoms with Crippen molar-refractivity contribution in [2.24, 2.45) is 0 Å². The molecule has 0 aromatic heterocycles. The zero-order chi connectivity index (χ0) is 13.7.